The van der Waals surface area contributed by atoms with Gasteiger partial charge < -0.3 is 9.40 Å². The second kappa shape index (κ2) is 7.91. The topological polar surface area (TPSA) is 125 Å². The summed E-state index contributed by atoms with van der Waals surface area (Å²) in [5.74, 6) is 0.778. The third-order valence-electron chi connectivity index (χ3n) is 5.31. The molecule has 0 amide bonds. The molecule has 0 bridgehead atoms. The minimum atomic E-state index is -3.56. The lowest BCUT2D eigenvalue weighted by molar-refractivity contribution is 0.216. The summed E-state index contributed by atoms with van der Waals surface area (Å²) >= 11 is 1.42. The zero-order chi connectivity index (χ0) is 22.5. The number of hydrogen-bond acceptors (Lipinski definition) is 8. The highest BCUT2D eigenvalue weighted by Gasteiger charge is 2.24. The highest BCUT2D eigenvalue weighted by molar-refractivity contribution is 7.99. The van der Waals surface area contributed by atoms with E-state index in [1.165, 1.54) is 17.3 Å². The van der Waals surface area contributed by atoms with Gasteiger partial charge in [-0.25, -0.2) is 18.4 Å². The van der Waals surface area contributed by atoms with E-state index in [1.807, 2.05) is 31.2 Å². The van der Waals surface area contributed by atoms with Crippen molar-refractivity contribution in [3.05, 3.63) is 63.3 Å². The van der Waals surface area contributed by atoms with Gasteiger partial charge in [0.1, 0.15) is 5.76 Å². The summed E-state index contributed by atoms with van der Waals surface area (Å²) in [6.07, 6.45) is 1.54. The number of fused-ring (bicyclic) bond motifs is 2. The first-order chi connectivity index (χ1) is 15.2. The van der Waals surface area contributed by atoms with Crippen LogP contribution in [0.25, 0.3) is 11.0 Å². The Bertz CT molecular complexity index is 1490. The molecule has 0 saturated heterocycles. The summed E-state index contributed by atoms with van der Waals surface area (Å²) in [4.78, 5) is 28.9. The van der Waals surface area contributed by atoms with E-state index in [9.17, 15) is 13.2 Å². The maximum absolute atomic E-state index is 12.4. The van der Waals surface area contributed by atoms with Crippen LogP contribution in [-0.2, 0) is 29.3 Å². The molecular formula is C21H21N5O4S2. The predicted octanol–water partition coefficient (Wildman–Crippen LogP) is 2.66. The molecule has 166 valence electrons. The average molecular weight is 472 g/mol. The Hall–Kier alpha value is -2.89. The first kappa shape index (κ1) is 21.0. The number of H-pyrrole nitrogens is 2. The van der Waals surface area contributed by atoms with Gasteiger partial charge in [0.15, 0.2) is 10.2 Å². The van der Waals surface area contributed by atoms with Gasteiger partial charge in [-0.2, -0.15) is 0 Å². The van der Waals surface area contributed by atoms with Crippen LogP contribution in [0.4, 0.5) is 0 Å². The van der Waals surface area contributed by atoms with E-state index < -0.39 is 15.4 Å². The fourth-order valence-electron chi connectivity index (χ4n) is 3.73. The van der Waals surface area contributed by atoms with Crippen LogP contribution in [0.15, 0.2) is 54.9 Å². The predicted molar refractivity (Wildman–Crippen MR) is 119 cm³/mol. The third kappa shape index (κ3) is 4.23. The standard InChI is InChI=1S/C21H21N5O4S2/c1-12-3-5-16-17(9-12)23-20(22-16)31-18-6-4-13(30-18)10-26-8-7-15-14(11-26)19(27)25-21(24-15)32(2,28)29/h3-6,9H,7-8,10-11H2,1-2H3,(H,22,23)(H,24,25,27). The van der Waals surface area contributed by atoms with Crippen molar-refractivity contribution in [3.63, 3.8) is 0 Å². The van der Waals surface area contributed by atoms with E-state index >= 15 is 0 Å². The molecule has 9 nitrogen and oxygen atoms in total. The maximum atomic E-state index is 12.4. The quantitative estimate of drug-likeness (QED) is 0.426. The van der Waals surface area contributed by atoms with Crippen molar-refractivity contribution in [2.75, 3.05) is 12.8 Å². The number of furan rings is 1. The number of nitrogens with zero attached hydrogens (tertiary/aromatic N) is 3. The van der Waals surface area contributed by atoms with Crippen molar-refractivity contribution in [1.82, 2.24) is 24.8 Å². The molecule has 0 atom stereocenters. The van der Waals surface area contributed by atoms with Crippen LogP contribution >= 0.6 is 11.8 Å². The van der Waals surface area contributed by atoms with E-state index in [2.05, 4.69) is 30.9 Å². The van der Waals surface area contributed by atoms with Crippen LogP contribution in [-0.4, -0.2) is 46.1 Å². The maximum Gasteiger partial charge on any atom is 0.256 e. The summed E-state index contributed by atoms with van der Waals surface area (Å²) in [6.45, 7) is 3.61. The Morgan fingerprint density at radius 1 is 1.19 bits per heavy atom. The van der Waals surface area contributed by atoms with Gasteiger partial charge in [-0.3, -0.25) is 14.7 Å². The molecule has 1 aromatic carbocycles. The highest BCUT2D eigenvalue weighted by Crippen LogP contribution is 2.30. The molecule has 0 radical (unpaired) electrons. The van der Waals surface area contributed by atoms with E-state index in [-0.39, 0.29) is 5.16 Å². The van der Waals surface area contributed by atoms with Gasteiger partial charge in [0.05, 0.1) is 28.8 Å². The summed E-state index contributed by atoms with van der Waals surface area (Å²) in [6, 6.07) is 9.90. The Balaban J connectivity index is 1.28. The van der Waals surface area contributed by atoms with E-state index in [1.54, 1.807) is 0 Å². The van der Waals surface area contributed by atoms with Gasteiger partial charge in [-0.1, -0.05) is 6.07 Å². The SMILES string of the molecule is Cc1ccc2nc(Sc3ccc(CN4CCc5nc(S(C)(=O)=O)[nH]c(=O)c5C4)o3)[nH]c2c1. The number of aromatic nitrogens is 4. The van der Waals surface area contributed by atoms with Gasteiger partial charge in [-0.15, -0.1) is 0 Å². The number of benzene rings is 1. The first-order valence-electron chi connectivity index (χ1n) is 10.0. The first-order valence-corrected chi connectivity index (χ1v) is 12.7. The van der Waals surface area contributed by atoms with Crippen molar-refractivity contribution >= 4 is 32.6 Å². The molecule has 32 heavy (non-hydrogen) atoms. The minimum Gasteiger partial charge on any atom is -0.453 e. The number of imidazole rings is 1. The Morgan fingerprint density at radius 3 is 2.84 bits per heavy atom. The van der Waals surface area contributed by atoms with Crippen LogP contribution < -0.4 is 5.56 Å². The fourth-order valence-corrected chi connectivity index (χ4v) is 5.07. The van der Waals surface area contributed by atoms with Crippen molar-refractivity contribution in [2.45, 2.75) is 41.8 Å². The molecule has 1 aliphatic heterocycles. The summed E-state index contributed by atoms with van der Waals surface area (Å²) in [5, 5.41) is 1.21. The van der Waals surface area contributed by atoms with Crippen molar-refractivity contribution in [2.24, 2.45) is 0 Å². The molecule has 0 spiro atoms. The fraction of sp³-hybridized carbons (Fsp3) is 0.286. The average Bonchev–Trinajstić information content (AvgIpc) is 3.33. The zero-order valence-electron chi connectivity index (χ0n) is 17.5. The zero-order valence-corrected chi connectivity index (χ0v) is 19.1. The molecule has 0 unspecified atom stereocenters. The molecule has 11 heteroatoms. The molecular weight excluding hydrogens is 450 g/mol. The second-order valence-corrected chi connectivity index (χ2v) is 10.8. The molecule has 0 saturated carbocycles. The largest absolute Gasteiger partial charge is 0.453 e. The summed E-state index contributed by atoms with van der Waals surface area (Å²) in [5.41, 5.74) is 3.71. The lowest BCUT2D eigenvalue weighted by Crippen LogP contribution is -2.36. The number of nitrogens with one attached hydrogen (secondary N) is 2. The lowest BCUT2D eigenvalue weighted by Gasteiger charge is -2.26. The summed E-state index contributed by atoms with van der Waals surface area (Å²) in [7, 11) is -3.56. The number of aryl methyl sites for hydroxylation is 1. The normalized spacial score (nSPS) is 14.7. The Labute approximate surface area is 188 Å². The van der Waals surface area contributed by atoms with Crippen LogP contribution in [0, 0.1) is 6.92 Å². The monoisotopic (exact) mass is 471 g/mol. The van der Waals surface area contributed by atoms with Crippen LogP contribution in [0.1, 0.15) is 22.6 Å². The Kier molecular flexibility index (Phi) is 5.19. The molecule has 1 aliphatic rings. The number of rotatable bonds is 5. The molecule has 5 rings (SSSR count). The molecule has 4 aromatic rings. The molecule has 0 aliphatic carbocycles. The van der Waals surface area contributed by atoms with Gasteiger partial charge in [0.2, 0.25) is 15.0 Å². The number of aromatic amines is 2. The van der Waals surface area contributed by atoms with E-state index in [4.69, 9.17) is 4.42 Å². The summed E-state index contributed by atoms with van der Waals surface area (Å²) < 4.78 is 29.4. The molecule has 4 heterocycles. The highest BCUT2D eigenvalue weighted by atomic mass is 32.2. The molecule has 0 fully saturated rings. The second-order valence-electron chi connectivity index (χ2n) is 7.91. The lowest BCUT2D eigenvalue weighted by atomic mass is 10.1. The Morgan fingerprint density at radius 2 is 2.03 bits per heavy atom. The van der Waals surface area contributed by atoms with Gasteiger partial charge >= 0.3 is 0 Å². The third-order valence-corrected chi connectivity index (χ3v) is 7.01. The van der Waals surface area contributed by atoms with Crippen LogP contribution in [0.2, 0.25) is 0 Å². The smallest absolute Gasteiger partial charge is 0.256 e. The van der Waals surface area contributed by atoms with Crippen molar-refractivity contribution in [1.29, 1.82) is 0 Å². The van der Waals surface area contributed by atoms with Gasteiger partial charge in [-0.05, 0) is 48.5 Å². The molecule has 2 N–H and O–H groups in total. The van der Waals surface area contributed by atoms with E-state index in [0.29, 0.717) is 37.3 Å². The van der Waals surface area contributed by atoms with Gasteiger partial charge in [0, 0.05) is 25.8 Å². The number of sulfone groups is 1. The molecule has 3 aromatic heterocycles. The minimum absolute atomic E-state index is 0.275. The van der Waals surface area contributed by atoms with Gasteiger partial charge in [0.25, 0.3) is 5.56 Å². The van der Waals surface area contributed by atoms with Crippen molar-refractivity contribution < 1.29 is 12.8 Å². The number of hydrogen-bond donors (Lipinski definition) is 2. The van der Waals surface area contributed by atoms with Crippen LogP contribution in [0.5, 0.6) is 0 Å². The van der Waals surface area contributed by atoms with E-state index in [0.717, 1.165) is 33.3 Å². The van der Waals surface area contributed by atoms with Crippen molar-refractivity contribution in [3.8, 4) is 0 Å². The van der Waals surface area contributed by atoms with Crippen LogP contribution in [0.3, 0.4) is 0 Å².